The van der Waals surface area contributed by atoms with E-state index in [9.17, 15) is 14.9 Å². The highest BCUT2D eigenvalue weighted by molar-refractivity contribution is 5.92. The molecule has 0 aliphatic rings. The molecule has 0 atom stereocenters. The summed E-state index contributed by atoms with van der Waals surface area (Å²) in [5.74, 6) is -0.243. The van der Waals surface area contributed by atoms with Gasteiger partial charge < -0.3 is 10.6 Å². The molecule has 1 amide bonds. The molecule has 0 saturated carbocycles. The van der Waals surface area contributed by atoms with Gasteiger partial charge in [0, 0.05) is 24.4 Å². The number of nitro benzene ring substituents is 1. The molecule has 0 saturated heterocycles. The third kappa shape index (κ3) is 4.68. The molecule has 6 heteroatoms. The molecule has 114 valence electrons. The van der Waals surface area contributed by atoms with Crippen molar-refractivity contribution in [1.29, 1.82) is 0 Å². The maximum Gasteiger partial charge on any atom is 0.271 e. The molecule has 2 aromatic carbocycles. The number of aryl methyl sites for hydroxylation is 1. The highest BCUT2D eigenvalue weighted by Crippen LogP contribution is 2.16. The van der Waals surface area contributed by atoms with Crippen molar-refractivity contribution in [1.82, 2.24) is 5.32 Å². The molecule has 2 N–H and O–H groups in total. The number of nitro groups is 1. The zero-order valence-corrected chi connectivity index (χ0v) is 12.2. The van der Waals surface area contributed by atoms with Crippen LogP contribution >= 0.6 is 0 Å². The molecule has 22 heavy (non-hydrogen) atoms. The summed E-state index contributed by atoms with van der Waals surface area (Å²) < 4.78 is 0. The summed E-state index contributed by atoms with van der Waals surface area (Å²) in [6.45, 7) is 2.74. The predicted molar refractivity (Wildman–Crippen MR) is 84.6 cm³/mol. The number of rotatable bonds is 6. The number of hydrogen-bond donors (Lipinski definition) is 2. The molecule has 2 aromatic rings. The Labute approximate surface area is 128 Å². The molecule has 0 aromatic heterocycles. The Hall–Kier alpha value is -2.73. The van der Waals surface area contributed by atoms with Crippen LogP contribution in [0.1, 0.15) is 11.1 Å². The second-order valence-corrected chi connectivity index (χ2v) is 4.94. The molecule has 0 heterocycles. The SMILES string of the molecule is Cc1ccc(CNCC(=O)Nc2cccc([N+](=O)[O-])c2)cc1. The molecular formula is C16H17N3O3. The van der Waals surface area contributed by atoms with E-state index in [-0.39, 0.29) is 18.1 Å². The molecule has 0 fully saturated rings. The van der Waals surface area contributed by atoms with Crippen LogP contribution in [0.25, 0.3) is 0 Å². The number of hydrogen-bond acceptors (Lipinski definition) is 4. The topological polar surface area (TPSA) is 84.3 Å². The Morgan fingerprint density at radius 2 is 1.91 bits per heavy atom. The third-order valence-corrected chi connectivity index (χ3v) is 3.08. The van der Waals surface area contributed by atoms with Crippen LogP contribution in [0.3, 0.4) is 0 Å². The first-order valence-electron chi connectivity index (χ1n) is 6.85. The van der Waals surface area contributed by atoms with Gasteiger partial charge in [0.2, 0.25) is 5.91 Å². The van der Waals surface area contributed by atoms with Crippen molar-refractivity contribution in [3.05, 3.63) is 69.8 Å². The molecule has 0 bridgehead atoms. The van der Waals surface area contributed by atoms with Crippen LogP contribution in [0.15, 0.2) is 48.5 Å². The second-order valence-electron chi connectivity index (χ2n) is 4.94. The summed E-state index contributed by atoms with van der Waals surface area (Å²) in [6, 6.07) is 13.9. The monoisotopic (exact) mass is 299 g/mol. The largest absolute Gasteiger partial charge is 0.325 e. The molecule has 0 unspecified atom stereocenters. The Kier molecular flexibility index (Phi) is 5.21. The first kappa shape index (κ1) is 15.7. The van der Waals surface area contributed by atoms with E-state index >= 15 is 0 Å². The van der Waals surface area contributed by atoms with Gasteiger partial charge in [-0.25, -0.2) is 0 Å². The number of anilines is 1. The van der Waals surface area contributed by atoms with Gasteiger partial charge in [-0.15, -0.1) is 0 Å². The van der Waals surface area contributed by atoms with Crippen LogP contribution in [-0.2, 0) is 11.3 Å². The van der Waals surface area contributed by atoms with Gasteiger partial charge in [0.1, 0.15) is 0 Å². The van der Waals surface area contributed by atoms with Gasteiger partial charge in [0.05, 0.1) is 11.5 Å². The predicted octanol–water partition coefficient (Wildman–Crippen LogP) is 2.63. The lowest BCUT2D eigenvalue weighted by Crippen LogP contribution is -2.27. The number of carbonyl (C=O) groups excluding carboxylic acids is 1. The van der Waals surface area contributed by atoms with Gasteiger partial charge in [-0.05, 0) is 18.6 Å². The fourth-order valence-corrected chi connectivity index (χ4v) is 1.93. The van der Waals surface area contributed by atoms with E-state index in [1.165, 1.54) is 23.8 Å². The van der Waals surface area contributed by atoms with Crippen LogP contribution in [0.5, 0.6) is 0 Å². The molecule has 0 radical (unpaired) electrons. The van der Waals surface area contributed by atoms with E-state index in [2.05, 4.69) is 10.6 Å². The Bertz CT molecular complexity index is 669. The van der Waals surface area contributed by atoms with Crippen LogP contribution in [0, 0.1) is 17.0 Å². The van der Waals surface area contributed by atoms with Crippen molar-refractivity contribution in [2.45, 2.75) is 13.5 Å². The lowest BCUT2D eigenvalue weighted by atomic mass is 10.1. The second kappa shape index (κ2) is 7.33. The van der Waals surface area contributed by atoms with Crippen LogP contribution in [0.4, 0.5) is 11.4 Å². The number of non-ortho nitro benzene ring substituents is 1. The highest BCUT2D eigenvalue weighted by atomic mass is 16.6. The molecule has 0 spiro atoms. The van der Waals surface area contributed by atoms with Crippen LogP contribution in [0.2, 0.25) is 0 Å². The Balaban J connectivity index is 1.81. The summed E-state index contributed by atoms with van der Waals surface area (Å²) >= 11 is 0. The maximum absolute atomic E-state index is 11.8. The van der Waals surface area contributed by atoms with Gasteiger partial charge in [-0.3, -0.25) is 14.9 Å². The highest BCUT2D eigenvalue weighted by Gasteiger charge is 2.07. The van der Waals surface area contributed by atoms with Crippen molar-refractivity contribution in [2.75, 3.05) is 11.9 Å². The smallest absolute Gasteiger partial charge is 0.271 e. The summed E-state index contributed by atoms with van der Waals surface area (Å²) in [7, 11) is 0. The van der Waals surface area contributed by atoms with Crippen molar-refractivity contribution in [3.63, 3.8) is 0 Å². The molecule has 0 aliphatic heterocycles. The Morgan fingerprint density at radius 3 is 2.59 bits per heavy atom. The molecular weight excluding hydrogens is 282 g/mol. The first-order valence-corrected chi connectivity index (χ1v) is 6.85. The van der Waals surface area contributed by atoms with E-state index in [1.54, 1.807) is 6.07 Å². The number of nitrogens with zero attached hydrogens (tertiary/aromatic N) is 1. The van der Waals surface area contributed by atoms with Gasteiger partial charge in [0.15, 0.2) is 0 Å². The summed E-state index contributed by atoms with van der Waals surface area (Å²) in [6.07, 6.45) is 0. The van der Waals surface area contributed by atoms with Gasteiger partial charge >= 0.3 is 0 Å². The molecule has 0 aliphatic carbocycles. The maximum atomic E-state index is 11.8. The van der Waals surface area contributed by atoms with E-state index in [4.69, 9.17) is 0 Å². The fraction of sp³-hybridized carbons (Fsp3) is 0.188. The summed E-state index contributed by atoms with van der Waals surface area (Å²) in [5, 5.41) is 16.3. The van der Waals surface area contributed by atoms with Crippen LogP contribution in [-0.4, -0.2) is 17.4 Å². The minimum atomic E-state index is -0.495. The molecule has 6 nitrogen and oxygen atoms in total. The lowest BCUT2D eigenvalue weighted by molar-refractivity contribution is -0.384. The minimum Gasteiger partial charge on any atom is -0.325 e. The normalized spacial score (nSPS) is 10.2. The van der Waals surface area contributed by atoms with Gasteiger partial charge in [-0.1, -0.05) is 35.9 Å². The third-order valence-electron chi connectivity index (χ3n) is 3.08. The van der Waals surface area contributed by atoms with Crippen molar-refractivity contribution < 1.29 is 9.72 Å². The fourth-order valence-electron chi connectivity index (χ4n) is 1.93. The van der Waals surface area contributed by atoms with Crippen molar-refractivity contribution in [3.8, 4) is 0 Å². The van der Waals surface area contributed by atoms with E-state index in [0.29, 0.717) is 12.2 Å². The van der Waals surface area contributed by atoms with Gasteiger partial charge in [-0.2, -0.15) is 0 Å². The standard InChI is InChI=1S/C16H17N3O3/c1-12-5-7-13(8-6-12)10-17-11-16(20)18-14-3-2-4-15(9-14)19(21)22/h2-9,17H,10-11H2,1H3,(H,18,20). The summed E-state index contributed by atoms with van der Waals surface area (Å²) in [4.78, 5) is 22.0. The number of nitrogens with one attached hydrogen (secondary N) is 2. The van der Waals surface area contributed by atoms with E-state index < -0.39 is 4.92 Å². The van der Waals surface area contributed by atoms with Gasteiger partial charge in [0.25, 0.3) is 5.69 Å². The quantitative estimate of drug-likeness (QED) is 0.634. The number of amides is 1. The van der Waals surface area contributed by atoms with E-state index in [1.807, 2.05) is 31.2 Å². The van der Waals surface area contributed by atoms with Crippen LogP contribution < -0.4 is 10.6 Å². The van der Waals surface area contributed by atoms with Crippen molar-refractivity contribution in [2.24, 2.45) is 0 Å². The van der Waals surface area contributed by atoms with E-state index in [0.717, 1.165) is 5.56 Å². The lowest BCUT2D eigenvalue weighted by Gasteiger charge is -2.07. The number of carbonyl (C=O) groups is 1. The minimum absolute atomic E-state index is 0.0505. The zero-order chi connectivity index (χ0) is 15.9. The molecule has 2 rings (SSSR count). The average molecular weight is 299 g/mol. The zero-order valence-electron chi connectivity index (χ0n) is 12.2. The first-order chi connectivity index (χ1) is 10.5. The number of benzene rings is 2. The van der Waals surface area contributed by atoms with Crippen molar-refractivity contribution >= 4 is 17.3 Å². The average Bonchev–Trinajstić information content (AvgIpc) is 2.49. The Morgan fingerprint density at radius 1 is 1.18 bits per heavy atom. The summed E-state index contributed by atoms with van der Waals surface area (Å²) in [5.41, 5.74) is 2.64.